The molecule has 1 unspecified atom stereocenters. The summed E-state index contributed by atoms with van der Waals surface area (Å²) in [4.78, 5) is 5.60. The molecule has 0 aliphatic rings. The van der Waals surface area contributed by atoms with E-state index in [-0.39, 0.29) is 11.9 Å². The Labute approximate surface area is 125 Å². The first-order chi connectivity index (χ1) is 9.56. The zero-order valence-corrected chi connectivity index (χ0v) is 12.9. The second-order valence-corrected chi connectivity index (χ2v) is 6.76. The van der Waals surface area contributed by atoms with Crippen molar-refractivity contribution in [3.63, 3.8) is 0 Å². The molecule has 1 atom stereocenters. The standard InChI is InChI=1S/C15H15FN2S2/c1-9(8-11-7-6-10(2)20-11)18-13-5-3-4-12(16)14(13)17-15(18)19/h3-7,9H,8H2,1-2H3,(H,17,19). The Morgan fingerprint density at radius 1 is 1.35 bits per heavy atom. The lowest BCUT2D eigenvalue weighted by molar-refractivity contribution is 0.557. The summed E-state index contributed by atoms with van der Waals surface area (Å²) >= 11 is 7.15. The molecule has 1 N–H and O–H groups in total. The Bertz CT molecular complexity index is 813. The van der Waals surface area contributed by atoms with Gasteiger partial charge in [0.15, 0.2) is 4.77 Å². The number of thiophene rings is 1. The van der Waals surface area contributed by atoms with E-state index < -0.39 is 0 Å². The Balaban J connectivity index is 2.03. The third-order valence-corrected chi connectivity index (χ3v) is 4.76. The highest BCUT2D eigenvalue weighted by Gasteiger charge is 2.14. The van der Waals surface area contributed by atoms with Crippen LogP contribution in [-0.2, 0) is 6.42 Å². The summed E-state index contributed by atoms with van der Waals surface area (Å²) in [6.07, 6.45) is 0.899. The molecule has 0 aliphatic carbocycles. The van der Waals surface area contributed by atoms with Gasteiger partial charge >= 0.3 is 0 Å². The Morgan fingerprint density at radius 2 is 2.15 bits per heavy atom. The maximum absolute atomic E-state index is 13.8. The molecule has 1 aromatic carbocycles. The molecule has 0 amide bonds. The number of para-hydroxylation sites is 1. The minimum absolute atomic E-state index is 0.191. The number of hydrogen-bond donors (Lipinski definition) is 1. The number of aryl methyl sites for hydroxylation is 1. The van der Waals surface area contributed by atoms with E-state index in [1.165, 1.54) is 15.8 Å². The number of fused-ring (bicyclic) bond motifs is 1. The number of imidazole rings is 1. The average molecular weight is 306 g/mol. The van der Waals surface area contributed by atoms with Gasteiger partial charge in [0.1, 0.15) is 11.3 Å². The van der Waals surface area contributed by atoms with E-state index in [2.05, 4.69) is 31.0 Å². The van der Waals surface area contributed by atoms with Gasteiger partial charge in [-0.05, 0) is 50.3 Å². The minimum Gasteiger partial charge on any atom is -0.328 e. The molecule has 3 aromatic rings. The van der Waals surface area contributed by atoms with Crippen LogP contribution in [0.4, 0.5) is 4.39 Å². The van der Waals surface area contributed by atoms with E-state index >= 15 is 0 Å². The van der Waals surface area contributed by atoms with Gasteiger partial charge in [-0.15, -0.1) is 11.3 Å². The van der Waals surface area contributed by atoms with Gasteiger partial charge in [0.2, 0.25) is 0 Å². The van der Waals surface area contributed by atoms with Gasteiger partial charge in [-0.3, -0.25) is 0 Å². The first-order valence-electron chi connectivity index (χ1n) is 6.50. The fraction of sp³-hybridized carbons (Fsp3) is 0.267. The largest absolute Gasteiger partial charge is 0.328 e. The summed E-state index contributed by atoms with van der Waals surface area (Å²) in [6.45, 7) is 4.22. The number of halogens is 1. The first kappa shape index (κ1) is 13.5. The second-order valence-electron chi connectivity index (χ2n) is 5.00. The fourth-order valence-electron chi connectivity index (χ4n) is 2.53. The van der Waals surface area contributed by atoms with Gasteiger partial charge in [-0.2, -0.15) is 0 Å². The smallest absolute Gasteiger partial charge is 0.178 e. The normalized spacial score (nSPS) is 12.9. The third-order valence-electron chi connectivity index (χ3n) is 3.44. The van der Waals surface area contributed by atoms with E-state index in [1.54, 1.807) is 17.4 Å². The van der Waals surface area contributed by atoms with Gasteiger partial charge < -0.3 is 9.55 Å². The summed E-state index contributed by atoms with van der Waals surface area (Å²) in [5.74, 6) is -0.258. The summed E-state index contributed by atoms with van der Waals surface area (Å²) in [7, 11) is 0. The van der Waals surface area contributed by atoms with Crippen molar-refractivity contribution in [2.24, 2.45) is 0 Å². The molecule has 3 rings (SSSR count). The average Bonchev–Trinajstić information content (AvgIpc) is 2.93. The number of nitrogens with zero attached hydrogens (tertiary/aromatic N) is 1. The SMILES string of the molecule is Cc1ccc(CC(C)n2c(=S)[nH]c3c(F)cccc32)s1. The molecule has 0 radical (unpaired) electrons. The molecule has 2 heterocycles. The van der Waals surface area contributed by atoms with Crippen molar-refractivity contribution in [3.05, 3.63) is 50.7 Å². The van der Waals surface area contributed by atoms with Crippen molar-refractivity contribution < 1.29 is 4.39 Å². The Hall–Kier alpha value is -1.46. The highest BCUT2D eigenvalue weighted by molar-refractivity contribution is 7.71. The number of aromatic nitrogens is 2. The number of benzene rings is 1. The fourth-order valence-corrected chi connectivity index (χ4v) is 3.92. The molecule has 0 aliphatic heterocycles. The van der Waals surface area contributed by atoms with Crippen LogP contribution in [0.2, 0.25) is 0 Å². The molecule has 0 fully saturated rings. The van der Waals surface area contributed by atoms with Crippen molar-refractivity contribution in [2.75, 3.05) is 0 Å². The van der Waals surface area contributed by atoms with Crippen LogP contribution in [-0.4, -0.2) is 9.55 Å². The highest BCUT2D eigenvalue weighted by Crippen LogP contribution is 2.26. The zero-order chi connectivity index (χ0) is 14.3. The maximum Gasteiger partial charge on any atom is 0.178 e. The number of hydrogen-bond acceptors (Lipinski definition) is 2. The molecule has 0 saturated carbocycles. The minimum atomic E-state index is -0.258. The van der Waals surface area contributed by atoms with Crippen molar-refractivity contribution in [1.82, 2.24) is 9.55 Å². The van der Waals surface area contributed by atoms with Crippen LogP contribution >= 0.6 is 23.6 Å². The van der Waals surface area contributed by atoms with Crippen LogP contribution in [0.25, 0.3) is 11.0 Å². The zero-order valence-electron chi connectivity index (χ0n) is 11.3. The lowest BCUT2D eigenvalue weighted by Crippen LogP contribution is -2.07. The third kappa shape index (κ3) is 2.31. The van der Waals surface area contributed by atoms with Crippen LogP contribution < -0.4 is 0 Å². The number of rotatable bonds is 3. The molecule has 2 aromatic heterocycles. The Morgan fingerprint density at radius 3 is 2.85 bits per heavy atom. The lowest BCUT2D eigenvalue weighted by Gasteiger charge is -2.13. The molecule has 0 saturated heterocycles. The number of H-pyrrole nitrogens is 1. The van der Waals surface area contributed by atoms with Crippen molar-refractivity contribution in [1.29, 1.82) is 0 Å². The van der Waals surface area contributed by atoms with Crippen LogP contribution in [0.15, 0.2) is 30.3 Å². The lowest BCUT2D eigenvalue weighted by atomic mass is 10.2. The molecule has 0 spiro atoms. The van der Waals surface area contributed by atoms with E-state index in [1.807, 2.05) is 10.6 Å². The first-order valence-corrected chi connectivity index (χ1v) is 7.73. The van der Waals surface area contributed by atoms with Gasteiger partial charge in [0.25, 0.3) is 0 Å². The summed E-state index contributed by atoms with van der Waals surface area (Å²) in [5, 5.41) is 0. The van der Waals surface area contributed by atoms with Crippen LogP contribution in [0, 0.1) is 17.5 Å². The van der Waals surface area contributed by atoms with Crippen molar-refractivity contribution in [2.45, 2.75) is 26.3 Å². The van der Waals surface area contributed by atoms with Crippen LogP contribution in [0.3, 0.4) is 0 Å². The molecule has 5 heteroatoms. The molecular weight excluding hydrogens is 291 g/mol. The Kier molecular flexibility index (Phi) is 3.48. The molecule has 20 heavy (non-hydrogen) atoms. The summed E-state index contributed by atoms with van der Waals surface area (Å²) < 4.78 is 16.4. The molecular formula is C15H15FN2S2. The van der Waals surface area contributed by atoms with Crippen molar-refractivity contribution in [3.8, 4) is 0 Å². The second kappa shape index (κ2) is 5.14. The molecule has 0 bridgehead atoms. The van der Waals surface area contributed by atoms with Gasteiger partial charge in [-0.1, -0.05) is 6.07 Å². The van der Waals surface area contributed by atoms with Gasteiger partial charge in [0, 0.05) is 22.2 Å². The molecule has 2 nitrogen and oxygen atoms in total. The van der Waals surface area contributed by atoms with E-state index in [4.69, 9.17) is 12.2 Å². The van der Waals surface area contributed by atoms with Crippen molar-refractivity contribution >= 4 is 34.6 Å². The van der Waals surface area contributed by atoms with E-state index in [0.717, 1.165) is 11.9 Å². The maximum atomic E-state index is 13.8. The summed E-state index contributed by atoms with van der Waals surface area (Å²) in [6, 6.07) is 9.54. The monoisotopic (exact) mass is 306 g/mol. The molecule has 104 valence electrons. The van der Waals surface area contributed by atoms with Crippen LogP contribution in [0.1, 0.15) is 22.7 Å². The van der Waals surface area contributed by atoms with Crippen LogP contribution in [0.5, 0.6) is 0 Å². The quantitative estimate of drug-likeness (QED) is 0.674. The van der Waals surface area contributed by atoms with Gasteiger partial charge in [0.05, 0.1) is 5.52 Å². The summed E-state index contributed by atoms with van der Waals surface area (Å²) in [5.41, 5.74) is 1.32. The predicted molar refractivity (Wildman–Crippen MR) is 84.6 cm³/mol. The topological polar surface area (TPSA) is 20.7 Å². The van der Waals surface area contributed by atoms with E-state index in [9.17, 15) is 4.39 Å². The van der Waals surface area contributed by atoms with Gasteiger partial charge in [-0.25, -0.2) is 4.39 Å². The highest BCUT2D eigenvalue weighted by atomic mass is 32.1. The number of aromatic amines is 1. The number of nitrogens with one attached hydrogen (secondary N) is 1. The van der Waals surface area contributed by atoms with E-state index in [0.29, 0.717) is 10.3 Å². The predicted octanol–water partition coefficient (Wildman–Crippen LogP) is 5.01.